The molecule has 0 spiro atoms. The molecule has 0 aromatic heterocycles. The highest BCUT2D eigenvalue weighted by atomic mass is 32.2. The van der Waals surface area contributed by atoms with Crippen LogP contribution in [-0.2, 0) is 10.0 Å². The van der Waals surface area contributed by atoms with E-state index in [-0.39, 0.29) is 34.0 Å². The topological polar surface area (TPSA) is 128 Å². The highest BCUT2D eigenvalue weighted by Crippen LogP contribution is 2.41. The lowest BCUT2D eigenvalue weighted by molar-refractivity contribution is -0.384. The van der Waals surface area contributed by atoms with Crippen molar-refractivity contribution >= 4 is 27.3 Å². The number of methoxy groups -OCH3 is 1. The van der Waals surface area contributed by atoms with Gasteiger partial charge in [-0.3, -0.25) is 19.6 Å². The Balaban J connectivity index is 1.51. The van der Waals surface area contributed by atoms with Crippen LogP contribution in [0, 0.1) is 16.0 Å². The quantitative estimate of drug-likeness (QED) is 0.347. The number of hydrogen-bond donors (Lipinski definition) is 2. The van der Waals surface area contributed by atoms with E-state index in [2.05, 4.69) is 10.0 Å². The Labute approximate surface area is 197 Å². The van der Waals surface area contributed by atoms with Gasteiger partial charge in [0.1, 0.15) is 5.75 Å². The first-order chi connectivity index (χ1) is 16.3. The molecule has 1 atom stereocenters. The molecule has 0 aliphatic heterocycles. The first kappa shape index (κ1) is 23.2. The predicted octanol–water partition coefficient (Wildman–Crippen LogP) is 4.29. The van der Waals surface area contributed by atoms with E-state index >= 15 is 0 Å². The lowest BCUT2D eigenvalue weighted by atomic mass is 10.0. The zero-order valence-electron chi connectivity index (χ0n) is 18.3. The molecule has 9 nitrogen and oxygen atoms in total. The molecule has 1 aliphatic carbocycles. The van der Waals surface area contributed by atoms with Crippen molar-refractivity contribution in [2.24, 2.45) is 5.92 Å². The normalized spacial score (nSPS) is 14.1. The summed E-state index contributed by atoms with van der Waals surface area (Å²) >= 11 is 0. The van der Waals surface area contributed by atoms with Crippen molar-refractivity contribution < 1.29 is 22.9 Å². The molecule has 1 amide bonds. The van der Waals surface area contributed by atoms with Crippen molar-refractivity contribution in [3.63, 3.8) is 0 Å². The number of rotatable bonds is 9. The molecule has 34 heavy (non-hydrogen) atoms. The van der Waals surface area contributed by atoms with Crippen molar-refractivity contribution in [2.45, 2.75) is 23.8 Å². The number of nitrogens with zero attached hydrogens (tertiary/aromatic N) is 1. The summed E-state index contributed by atoms with van der Waals surface area (Å²) in [5.41, 5.74) is 1.02. The third-order valence-electron chi connectivity index (χ3n) is 5.60. The summed E-state index contributed by atoms with van der Waals surface area (Å²) in [4.78, 5) is 23.2. The Morgan fingerprint density at radius 3 is 2.32 bits per heavy atom. The first-order valence-corrected chi connectivity index (χ1v) is 12.1. The minimum atomic E-state index is -4.08. The maximum Gasteiger partial charge on any atom is 0.271 e. The Morgan fingerprint density at radius 2 is 1.74 bits per heavy atom. The summed E-state index contributed by atoms with van der Waals surface area (Å²) < 4.78 is 33.1. The molecule has 1 fully saturated rings. The minimum Gasteiger partial charge on any atom is -0.495 e. The maximum absolute atomic E-state index is 12.9. The number of nitro benzene ring substituents is 1. The van der Waals surface area contributed by atoms with Gasteiger partial charge in [0.15, 0.2) is 0 Å². The minimum absolute atomic E-state index is 0.0614. The zero-order chi connectivity index (χ0) is 24.3. The molecular weight excluding hydrogens is 458 g/mol. The van der Waals surface area contributed by atoms with Gasteiger partial charge in [-0.2, -0.15) is 0 Å². The van der Waals surface area contributed by atoms with Gasteiger partial charge in [-0.25, -0.2) is 8.42 Å². The summed E-state index contributed by atoms with van der Waals surface area (Å²) in [6, 6.07) is 18.8. The van der Waals surface area contributed by atoms with Gasteiger partial charge in [0.05, 0.1) is 28.7 Å². The molecule has 2 N–H and O–H groups in total. The van der Waals surface area contributed by atoms with Gasteiger partial charge >= 0.3 is 0 Å². The van der Waals surface area contributed by atoms with E-state index in [0.29, 0.717) is 11.5 Å². The second-order valence-electron chi connectivity index (χ2n) is 7.97. The highest BCUT2D eigenvalue weighted by Gasteiger charge is 2.33. The number of anilines is 1. The largest absolute Gasteiger partial charge is 0.495 e. The molecule has 10 heteroatoms. The summed E-state index contributed by atoms with van der Waals surface area (Å²) in [5.74, 6) is 0.232. The lowest BCUT2D eigenvalue weighted by Gasteiger charge is -2.19. The van der Waals surface area contributed by atoms with Gasteiger partial charge in [-0.1, -0.05) is 30.3 Å². The molecule has 1 aliphatic rings. The van der Waals surface area contributed by atoms with E-state index in [4.69, 9.17) is 4.74 Å². The van der Waals surface area contributed by atoms with Gasteiger partial charge in [0.2, 0.25) is 0 Å². The molecule has 3 aromatic rings. The third kappa shape index (κ3) is 5.18. The zero-order valence-corrected chi connectivity index (χ0v) is 19.1. The van der Waals surface area contributed by atoms with E-state index in [1.807, 2.05) is 30.3 Å². The van der Waals surface area contributed by atoms with Gasteiger partial charge in [0, 0.05) is 17.7 Å². The Morgan fingerprint density at radius 1 is 1.06 bits per heavy atom. The summed E-state index contributed by atoms with van der Waals surface area (Å²) in [5, 5.41) is 14.1. The van der Waals surface area contributed by atoms with E-state index in [1.165, 1.54) is 43.5 Å². The standard InChI is InChI=1S/C24H23N3O6S/c1-33-22-14-11-19(27(29)30)15-21(22)26-34(31,32)20-12-9-18(10-13-20)24(28)25-23(17-7-8-17)16-5-3-2-4-6-16/h2-6,9-15,17,23,26H,7-8H2,1H3,(H,25,28). The van der Waals surface area contributed by atoms with Crippen LogP contribution in [-0.4, -0.2) is 26.4 Å². The number of carbonyl (C=O) groups is 1. The lowest BCUT2D eigenvalue weighted by Crippen LogP contribution is -2.29. The number of sulfonamides is 1. The number of ether oxygens (including phenoxy) is 1. The smallest absolute Gasteiger partial charge is 0.271 e. The number of hydrogen-bond acceptors (Lipinski definition) is 6. The average Bonchev–Trinajstić information content (AvgIpc) is 3.68. The number of carbonyl (C=O) groups excluding carboxylic acids is 1. The van der Waals surface area contributed by atoms with Crippen molar-refractivity contribution in [2.75, 3.05) is 11.8 Å². The number of benzene rings is 3. The van der Waals surface area contributed by atoms with Crippen LogP contribution in [0.2, 0.25) is 0 Å². The first-order valence-electron chi connectivity index (χ1n) is 10.6. The van der Waals surface area contributed by atoms with E-state index < -0.39 is 14.9 Å². The van der Waals surface area contributed by atoms with Gasteiger partial charge in [0.25, 0.3) is 21.6 Å². The van der Waals surface area contributed by atoms with Crippen molar-refractivity contribution in [1.82, 2.24) is 5.32 Å². The average molecular weight is 482 g/mol. The molecular formula is C24H23N3O6S. The summed E-state index contributed by atoms with van der Waals surface area (Å²) in [7, 11) is -2.75. The number of amides is 1. The van der Waals surface area contributed by atoms with Crippen LogP contribution in [0.5, 0.6) is 5.75 Å². The fourth-order valence-corrected chi connectivity index (χ4v) is 4.73. The highest BCUT2D eigenvalue weighted by molar-refractivity contribution is 7.92. The fraction of sp³-hybridized carbons (Fsp3) is 0.208. The predicted molar refractivity (Wildman–Crippen MR) is 126 cm³/mol. The Hall–Kier alpha value is -3.92. The van der Waals surface area contributed by atoms with Crippen LogP contribution < -0.4 is 14.8 Å². The number of nitrogens with one attached hydrogen (secondary N) is 2. The van der Waals surface area contributed by atoms with E-state index in [9.17, 15) is 23.3 Å². The summed E-state index contributed by atoms with van der Waals surface area (Å²) in [6.45, 7) is 0. The molecule has 4 rings (SSSR count). The number of nitro groups is 1. The van der Waals surface area contributed by atoms with E-state index in [1.54, 1.807) is 0 Å². The van der Waals surface area contributed by atoms with Crippen LogP contribution in [0.4, 0.5) is 11.4 Å². The summed E-state index contributed by atoms with van der Waals surface area (Å²) in [6.07, 6.45) is 2.09. The second-order valence-corrected chi connectivity index (χ2v) is 9.65. The van der Waals surface area contributed by atoms with Crippen LogP contribution in [0.25, 0.3) is 0 Å². The molecule has 3 aromatic carbocycles. The molecule has 1 saturated carbocycles. The fourth-order valence-electron chi connectivity index (χ4n) is 3.67. The van der Waals surface area contributed by atoms with Gasteiger partial charge in [-0.05, 0) is 54.7 Å². The Bertz CT molecular complexity index is 1310. The SMILES string of the molecule is COc1ccc([N+](=O)[O-])cc1NS(=O)(=O)c1ccc(C(=O)NC(c2ccccc2)C2CC2)cc1. The molecule has 176 valence electrons. The van der Waals surface area contributed by atoms with Crippen LogP contribution in [0.3, 0.4) is 0 Å². The van der Waals surface area contributed by atoms with Gasteiger partial charge < -0.3 is 10.1 Å². The van der Waals surface area contributed by atoms with E-state index in [0.717, 1.165) is 24.5 Å². The van der Waals surface area contributed by atoms with Gasteiger partial charge in [-0.15, -0.1) is 0 Å². The maximum atomic E-state index is 12.9. The van der Waals surface area contributed by atoms with Crippen molar-refractivity contribution in [3.05, 3.63) is 94.0 Å². The van der Waals surface area contributed by atoms with Crippen LogP contribution in [0.15, 0.2) is 77.7 Å². The van der Waals surface area contributed by atoms with Crippen molar-refractivity contribution in [1.29, 1.82) is 0 Å². The van der Waals surface area contributed by atoms with Crippen LogP contribution in [0.1, 0.15) is 34.8 Å². The Kier molecular flexibility index (Phi) is 6.51. The monoisotopic (exact) mass is 481 g/mol. The molecule has 0 radical (unpaired) electrons. The molecule has 0 bridgehead atoms. The third-order valence-corrected chi connectivity index (χ3v) is 6.99. The molecule has 0 heterocycles. The molecule has 1 unspecified atom stereocenters. The molecule has 0 saturated heterocycles. The number of non-ortho nitro benzene ring substituents is 1. The van der Waals surface area contributed by atoms with Crippen LogP contribution >= 0.6 is 0 Å². The van der Waals surface area contributed by atoms with Crippen molar-refractivity contribution in [3.8, 4) is 5.75 Å². The second kappa shape index (κ2) is 9.52.